The van der Waals surface area contributed by atoms with Gasteiger partial charge >= 0.3 is 0 Å². The van der Waals surface area contributed by atoms with E-state index in [-0.39, 0.29) is 11.8 Å². The molecule has 1 saturated heterocycles. The zero-order chi connectivity index (χ0) is 16.1. The van der Waals surface area contributed by atoms with Crippen LogP contribution in [0.25, 0.3) is 0 Å². The maximum Gasteiger partial charge on any atom is 0.224 e. The molecule has 2 aromatic carbocycles. The van der Waals surface area contributed by atoms with Gasteiger partial charge in [-0.2, -0.15) is 0 Å². The topological polar surface area (TPSA) is 32.3 Å². The van der Waals surface area contributed by atoms with Gasteiger partial charge in [0.2, 0.25) is 5.91 Å². The summed E-state index contributed by atoms with van der Waals surface area (Å²) in [6, 6.07) is 18.0. The van der Waals surface area contributed by atoms with E-state index in [1.807, 2.05) is 30.3 Å². The second kappa shape index (κ2) is 7.62. The lowest BCUT2D eigenvalue weighted by Crippen LogP contribution is -2.32. The summed E-state index contributed by atoms with van der Waals surface area (Å²) in [4.78, 5) is 14.7. The van der Waals surface area contributed by atoms with Crippen LogP contribution in [0.15, 0.2) is 54.6 Å². The third kappa shape index (κ3) is 4.57. The fourth-order valence-electron chi connectivity index (χ4n) is 2.97. The lowest BCUT2D eigenvalue weighted by Gasteiger charge is -2.16. The Morgan fingerprint density at radius 1 is 1.09 bits per heavy atom. The first-order valence-corrected chi connectivity index (χ1v) is 8.37. The molecule has 1 amide bonds. The summed E-state index contributed by atoms with van der Waals surface area (Å²) in [6.45, 7) is 3.29. The second-order valence-corrected chi connectivity index (χ2v) is 6.49. The SMILES string of the molecule is O=C(NCc1ccc(Cl)cc1)C1CCN(Cc2ccccc2)C1. The molecule has 1 N–H and O–H groups in total. The van der Waals surface area contributed by atoms with Gasteiger partial charge in [-0.3, -0.25) is 9.69 Å². The fourth-order valence-corrected chi connectivity index (χ4v) is 3.09. The Bertz CT molecular complexity index is 642. The largest absolute Gasteiger partial charge is 0.352 e. The van der Waals surface area contributed by atoms with E-state index >= 15 is 0 Å². The first-order valence-electron chi connectivity index (χ1n) is 7.99. The van der Waals surface area contributed by atoms with Gasteiger partial charge in [0.05, 0.1) is 5.92 Å². The van der Waals surface area contributed by atoms with Gasteiger partial charge in [0.15, 0.2) is 0 Å². The van der Waals surface area contributed by atoms with Gasteiger partial charge in [-0.1, -0.05) is 54.1 Å². The van der Waals surface area contributed by atoms with E-state index in [0.29, 0.717) is 11.6 Å². The van der Waals surface area contributed by atoms with Crippen molar-refractivity contribution in [3.05, 3.63) is 70.7 Å². The summed E-state index contributed by atoms with van der Waals surface area (Å²) in [5, 5.41) is 3.75. The predicted molar refractivity (Wildman–Crippen MR) is 93.1 cm³/mol. The molecule has 1 heterocycles. The number of hydrogen-bond acceptors (Lipinski definition) is 2. The van der Waals surface area contributed by atoms with E-state index in [1.54, 1.807) is 0 Å². The standard InChI is InChI=1S/C19H21ClN2O/c20-18-8-6-15(7-9-18)12-21-19(23)17-10-11-22(14-17)13-16-4-2-1-3-5-16/h1-9,17H,10-14H2,(H,21,23). The van der Waals surface area contributed by atoms with Crippen molar-refractivity contribution in [1.29, 1.82) is 0 Å². The first-order chi connectivity index (χ1) is 11.2. The molecule has 0 bridgehead atoms. The van der Waals surface area contributed by atoms with Gasteiger partial charge < -0.3 is 5.32 Å². The number of likely N-dealkylation sites (tertiary alicyclic amines) is 1. The minimum Gasteiger partial charge on any atom is -0.352 e. The summed E-state index contributed by atoms with van der Waals surface area (Å²) < 4.78 is 0. The van der Waals surface area contributed by atoms with Crippen molar-refractivity contribution in [2.45, 2.75) is 19.5 Å². The van der Waals surface area contributed by atoms with Crippen LogP contribution in [0.3, 0.4) is 0 Å². The molecule has 1 aliphatic rings. The maximum absolute atomic E-state index is 12.3. The van der Waals surface area contributed by atoms with Gasteiger partial charge in [0.25, 0.3) is 0 Å². The molecule has 120 valence electrons. The molecule has 2 aromatic rings. The van der Waals surface area contributed by atoms with Crippen molar-refractivity contribution >= 4 is 17.5 Å². The monoisotopic (exact) mass is 328 g/mol. The van der Waals surface area contributed by atoms with Crippen LogP contribution < -0.4 is 5.32 Å². The molecular formula is C19H21ClN2O. The average Bonchev–Trinajstić information content (AvgIpc) is 3.03. The van der Waals surface area contributed by atoms with Crippen LogP contribution in [0, 0.1) is 5.92 Å². The van der Waals surface area contributed by atoms with Gasteiger partial charge in [-0.05, 0) is 36.2 Å². The minimum atomic E-state index is 0.0889. The van der Waals surface area contributed by atoms with Crippen molar-refractivity contribution in [3.8, 4) is 0 Å². The van der Waals surface area contributed by atoms with Crippen molar-refractivity contribution in [3.63, 3.8) is 0 Å². The Morgan fingerprint density at radius 3 is 2.57 bits per heavy atom. The summed E-state index contributed by atoms with van der Waals surface area (Å²) in [5.41, 5.74) is 2.37. The Hall–Kier alpha value is -1.84. The van der Waals surface area contributed by atoms with Crippen LogP contribution in [0.5, 0.6) is 0 Å². The summed E-state index contributed by atoms with van der Waals surface area (Å²) in [5.74, 6) is 0.238. The number of benzene rings is 2. The smallest absolute Gasteiger partial charge is 0.224 e. The number of hydrogen-bond donors (Lipinski definition) is 1. The first kappa shape index (κ1) is 16.0. The molecule has 1 aliphatic heterocycles. The molecule has 0 aromatic heterocycles. The molecule has 4 heteroatoms. The van der Waals surface area contributed by atoms with Gasteiger partial charge in [0.1, 0.15) is 0 Å². The molecule has 0 aliphatic carbocycles. The molecule has 0 saturated carbocycles. The van der Waals surface area contributed by atoms with Gasteiger partial charge in [0, 0.05) is 24.7 Å². The van der Waals surface area contributed by atoms with E-state index in [2.05, 4.69) is 34.5 Å². The Balaban J connectivity index is 1.46. The summed E-state index contributed by atoms with van der Waals surface area (Å²) >= 11 is 5.87. The lowest BCUT2D eigenvalue weighted by molar-refractivity contribution is -0.124. The summed E-state index contributed by atoms with van der Waals surface area (Å²) in [7, 11) is 0. The van der Waals surface area contributed by atoms with E-state index in [9.17, 15) is 4.79 Å². The van der Waals surface area contributed by atoms with E-state index in [1.165, 1.54) is 5.56 Å². The van der Waals surface area contributed by atoms with E-state index in [0.717, 1.165) is 31.6 Å². The molecular weight excluding hydrogens is 308 g/mol. The van der Waals surface area contributed by atoms with E-state index in [4.69, 9.17) is 11.6 Å². The van der Waals surface area contributed by atoms with Crippen LogP contribution in [0.1, 0.15) is 17.5 Å². The summed E-state index contributed by atoms with van der Waals surface area (Å²) in [6.07, 6.45) is 0.930. The molecule has 3 rings (SSSR count). The Labute approximate surface area is 142 Å². The number of amides is 1. The predicted octanol–water partition coefficient (Wildman–Crippen LogP) is 3.48. The Kier molecular flexibility index (Phi) is 5.31. The van der Waals surface area contributed by atoms with Gasteiger partial charge in [-0.15, -0.1) is 0 Å². The zero-order valence-corrected chi connectivity index (χ0v) is 13.8. The minimum absolute atomic E-state index is 0.0889. The number of carbonyl (C=O) groups is 1. The van der Waals surface area contributed by atoms with Crippen LogP contribution in [-0.4, -0.2) is 23.9 Å². The molecule has 3 nitrogen and oxygen atoms in total. The second-order valence-electron chi connectivity index (χ2n) is 6.05. The van der Waals surface area contributed by atoms with Crippen LogP contribution >= 0.6 is 11.6 Å². The highest BCUT2D eigenvalue weighted by molar-refractivity contribution is 6.30. The molecule has 1 atom stereocenters. The molecule has 1 fully saturated rings. The average molecular weight is 329 g/mol. The van der Waals surface area contributed by atoms with Crippen molar-refractivity contribution in [2.24, 2.45) is 5.92 Å². The highest BCUT2D eigenvalue weighted by Gasteiger charge is 2.27. The van der Waals surface area contributed by atoms with Crippen LogP contribution in [-0.2, 0) is 17.9 Å². The van der Waals surface area contributed by atoms with E-state index < -0.39 is 0 Å². The number of nitrogens with zero attached hydrogens (tertiary/aromatic N) is 1. The Morgan fingerprint density at radius 2 is 1.83 bits per heavy atom. The number of nitrogens with one attached hydrogen (secondary N) is 1. The third-order valence-corrected chi connectivity index (χ3v) is 4.52. The number of rotatable bonds is 5. The quantitative estimate of drug-likeness (QED) is 0.911. The van der Waals surface area contributed by atoms with Crippen molar-refractivity contribution in [1.82, 2.24) is 10.2 Å². The molecule has 1 unspecified atom stereocenters. The van der Waals surface area contributed by atoms with Crippen LogP contribution in [0.4, 0.5) is 0 Å². The van der Waals surface area contributed by atoms with Gasteiger partial charge in [-0.25, -0.2) is 0 Å². The zero-order valence-electron chi connectivity index (χ0n) is 13.0. The van der Waals surface area contributed by atoms with Crippen molar-refractivity contribution in [2.75, 3.05) is 13.1 Å². The highest BCUT2D eigenvalue weighted by atomic mass is 35.5. The molecule has 0 radical (unpaired) electrons. The molecule has 0 spiro atoms. The fraction of sp³-hybridized carbons (Fsp3) is 0.316. The maximum atomic E-state index is 12.3. The third-order valence-electron chi connectivity index (χ3n) is 4.27. The normalized spacial score (nSPS) is 18.0. The molecule has 23 heavy (non-hydrogen) atoms. The number of carbonyl (C=O) groups excluding carboxylic acids is 1. The van der Waals surface area contributed by atoms with Crippen LogP contribution in [0.2, 0.25) is 5.02 Å². The lowest BCUT2D eigenvalue weighted by atomic mass is 10.1. The van der Waals surface area contributed by atoms with Crippen molar-refractivity contribution < 1.29 is 4.79 Å². The number of halogens is 1. The highest BCUT2D eigenvalue weighted by Crippen LogP contribution is 2.19.